The predicted molar refractivity (Wildman–Crippen MR) is 86.8 cm³/mol. The molecular formula is C17H18F2N4O2. The molecule has 0 radical (unpaired) electrons. The standard InChI is InChI=1S/C17H18F2N4O2/c1-22(2)17-20-5-10(6-21-17)7-23-8-13-14(9-23)25-16-12(19)4-3-11(18)15(16)24-13/h3-6,13-14H,7-9H2,1-2H3/t13-,14+. The van der Waals surface area contributed by atoms with E-state index in [0.29, 0.717) is 25.6 Å². The summed E-state index contributed by atoms with van der Waals surface area (Å²) in [5, 5.41) is 0. The van der Waals surface area contributed by atoms with Gasteiger partial charge in [0.15, 0.2) is 11.6 Å². The molecule has 0 amide bonds. The van der Waals surface area contributed by atoms with Crippen molar-refractivity contribution in [2.75, 3.05) is 32.1 Å². The van der Waals surface area contributed by atoms with Crippen LogP contribution in [0.15, 0.2) is 24.5 Å². The maximum Gasteiger partial charge on any atom is 0.224 e. The van der Waals surface area contributed by atoms with Crippen molar-refractivity contribution in [1.29, 1.82) is 0 Å². The first-order chi connectivity index (χ1) is 12.0. The van der Waals surface area contributed by atoms with Crippen LogP contribution in [0.1, 0.15) is 5.56 Å². The summed E-state index contributed by atoms with van der Waals surface area (Å²) in [6, 6.07) is 2.10. The van der Waals surface area contributed by atoms with Gasteiger partial charge in [0.1, 0.15) is 12.2 Å². The van der Waals surface area contributed by atoms with Gasteiger partial charge in [-0.15, -0.1) is 0 Å². The minimum atomic E-state index is -0.610. The fourth-order valence-corrected chi connectivity index (χ4v) is 3.13. The number of likely N-dealkylation sites (tertiary alicyclic amines) is 1. The monoisotopic (exact) mass is 348 g/mol. The zero-order valence-electron chi connectivity index (χ0n) is 13.9. The topological polar surface area (TPSA) is 50.7 Å². The van der Waals surface area contributed by atoms with Crippen molar-refractivity contribution in [1.82, 2.24) is 14.9 Å². The molecule has 6 nitrogen and oxygen atoms in total. The van der Waals surface area contributed by atoms with Crippen molar-refractivity contribution >= 4 is 5.95 Å². The SMILES string of the molecule is CN(C)c1ncc(CN2C[C@@H]3Oc4c(F)ccc(F)c4O[C@@H]3C2)cn1. The molecule has 0 unspecified atom stereocenters. The molecule has 1 aromatic heterocycles. The van der Waals surface area contributed by atoms with Crippen LogP contribution >= 0.6 is 0 Å². The van der Waals surface area contributed by atoms with Gasteiger partial charge >= 0.3 is 0 Å². The minimum Gasteiger partial charge on any atom is -0.478 e. The van der Waals surface area contributed by atoms with Crippen molar-refractivity contribution in [3.63, 3.8) is 0 Å². The molecule has 0 aliphatic carbocycles. The van der Waals surface area contributed by atoms with E-state index in [-0.39, 0.29) is 23.7 Å². The number of aromatic nitrogens is 2. The molecule has 2 atom stereocenters. The van der Waals surface area contributed by atoms with Crippen LogP contribution in [0.2, 0.25) is 0 Å². The number of anilines is 1. The molecule has 1 saturated heterocycles. The summed E-state index contributed by atoms with van der Waals surface area (Å²) in [6.07, 6.45) is 2.90. The van der Waals surface area contributed by atoms with Crippen LogP contribution in [0, 0.1) is 11.6 Å². The lowest BCUT2D eigenvalue weighted by Gasteiger charge is -2.28. The molecule has 0 saturated carbocycles. The van der Waals surface area contributed by atoms with E-state index in [1.165, 1.54) is 0 Å². The number of nitrogens with zero attached hydrogens (tertiary/aromatic N) is 4. The third-order valence-electron chi connectivity index (χ3n) is 4.34. The van der Waals surface area contributed by atoms with E-state index in [9.17, 15) is 8.78 Å². The lowest BCUT2D eigenvalue weighted by molar-refractivity contribution is 0.0467. The smallest absolute Gasteiger partial charge is 0.224 e. The van der Waals surface area contributed by atoms with Crippen molar-refractivity contribution in [2.24, 2.45) is 0 Å². The molecule has 0 spiro atoms. The number of ether oxygens (including phenoxy) is 2. The number of hydrogen-bond acceptors (Lipinski definition) is 6. The molecule has 2 aromatic rings. The Bertz CT molecular complexity index is 746. The van der Waals surface area contributed by atoms with Gasteiger partial charge in [-0.3, -0.25) is 4.90 Å². The van der Waals surface area contributed by atoms with Crippen molar-refractivity contribution in [3.05, 3.63) is 41.7 Å². The van der Waals surface area contributed by atoms with Crippen LogP contribution in [-0.2, 0) is 6.54 Å². The summed E-state index contributed by atoms with van der Waals surface area (Å²) >= 11 is 0. The van der Waals surface area contributed by atoms with E-state index in [0.717, 1.165) is 17.7 Å². The average molecular weight is 348 g/mol. The molecule has 3 heterocycles. The summed E-state index contributed by atoms with van der Waals surface area (Å²) < 4.78 is 39.0. The first-order valence-corrected chi connectivity index (χ1v) is 8.03. The number of fused-ring (bicyclic) bond motifs is 2. The Labute approximate surface area is 144 Å². The first-order valence-electron chi connectivity index (χ1n) is 8.03. The molecular weight excluding hydrogens is 330 g/mol. The van der Waals surface area contributed by atoms with E-state index in [4.69, 9.17) is 9.47 Å². The van der Waals surface area contributed by atoms with E-state index in [1.54, 1.807) is 12.4 Å². The lowest BCUT2D eigenvalue weighted by atomic mass is 10.2. The third kappa shape index (κ3) is 2.97. The van der Waals surface area contributed by atoms with Gasteiger partial charge in [-0.25, -0.2) is 18.7 Å². The van der Waals surface area contributed by atoms with E-state index >= 15 is 0 Å². The number of halogens is 2. The van der Waals surface area contributed by atoms with Gasteiger partial charge in [0.25, 0.3) is 0 Å². The number of rotatable bonds is 3. The normalized spacial score (nSPS) is 21.9. The molecule has 0 bridgehead atoms. The van der Waals surface area contributed by atoms with Crippen LogP contribution in [0.3, 0.4) is 0 Å². The lowest BCUT2D eigenvalue weighted by Crippen LogP contribution is -2.39. The zero-order valence-corrected chi connectivity index (χ0v) is 13.9. The largest absolute Gasteiger partial charge is 0.478 e. The van der Waals surface area contributed by atoms with Crippen LogP contribution in [0.5, 0.6) is 11.5 Å². The minimum absolute atomic E-state index is 0.137. The molecule has 8 heteroatoms. The second-order valence-electron chi connectivity index (χ2n) is 6.48. The van der Waals surface area contributed by atoms with Gasteiger partial charge < -0.3 is 14.4 Å². The number of hydrogen-bond donors (Lipinski definition) is 0. The quantitative estimate of drug-likeness (QED) is 0.844. The molecule has 2 aliphatic rings. The fourth-order valence-electron chi connectivity index (χ4n) is 3.13. The molecule has 0 N–H and O–H groups in total. The Hall–Kier alpha value is -2.48. The molecule has 2 aliphatic heterocycles. The van der Waals surface area contributed by atoms with E-state index < -0.39 is 11.6 Å². The van der Waals surface area contributed by atoms with Crippen LogP contribution in [-0.4, -0.2) is 54.3 Å². The van der Waals surface area contributed by atoms with E-state index in [2.05, 4.69) is 14.9 Å². The summed E-state index contributed by atoms with van der Waals surface area (Å²) in [6.45, 7) is 1.75. The molecule has 132 valence electrons. The van der Waals surface area contributed by atoms with E-state index in [1.807, 2.05) is 19.0 Å². The van der Waals surface area contributed by atoms with Gasteiger partial charge in [0.05, 0.1) is 0 Å². The zero-order chi connectivity index (χ0) is 17.6. The summed E-state index contributed by atoms with van der Waals surface area (Å²) in [4.78, 5) is 12.5. The first kappa shape index (κ1) is 16.0. The number of benzene rings is 1. The summed E-state index contributed by atoms with van der Waals surface area (Å²) in [7, 11) is 3.76. The third-order valence-corrected chi connectivity index (χ3v) is 4.34. The summed E-state index contributed by atoms with van der Waals surface area (Å²) in [5.74, 6) is -0.850. The average Bonchev–Trinajstić information content (AvgIpc) is 2.98. The van der Waals surface area contributed by atoms with Crippen molar-refractivity contribution in [3.8, 4) is 11.5 Å². The maximum atomic E-state index is 13.8. The highest BCUT2D eigenvalue weighted by Gasteiger charge is 2.42. The second kappa shape index (κ2) is 6.11. The van der Waals surface area contributed by atoms with Crippen LogP contribution in [0.4, 0.5) is 14.7 Å². The van der Waals surface area contributed by atoms with Crippen LogP contribution < -0.4 is 14.4 Å². The highest BCUT2D eigenvalue weighted by Crippen LogP contribution is 2.40. The van der Waals surface area contributed by atoms with Gasteiger partial charge in [0, 0.05) is 51.7 Å². The fraction of sp³-hybridized carbons (Fsp3) is 0.412. The Kier molecular flexibility index (Phi) is 3.91. The predicted octanol–water partition coefficient (Wildman–Crippen LogP) is 1.84. The molecule has 4 rings (SSSR count). The highest BCUT2D eigenvalue weighted by molar-refractivity contribution is 5.44. The van der Waals surface area contributed by atoms with Gasteiger partial charge in [-0.05, 0) is 12.1 Å². The van der Waals surface area contributed by atoms with Gasteiger partial charge in [-0.2, -0.15) is 0 Å². The van der Waals surface area contributed by atoms with Crippen molar-refractivity contribution < 1.29 is 18.3 Å². The van der Waals surface area contributed by atoms with Gasteiger partial charge in [0.2, 0.25) is 17.4 Å². The highest BCUT2D eigenvalue weighted by atomic mass is 19.1. The Balaban J connectivity index is 1.46. The maximum absolute atomic E-state index is 13.8. The Morgan fingerprint density at radius 2 is 1.56 bits per heavy atom. The summed E-state index contributed by atoms with van der Waals surface area (Å²) in [5.41, 5.74) is 0.958. The molecule has 1 aromatic carbocycles. The van der Waals surface area contributed by atoms with Crippen molar-refractivity contribution in [2.45, 2.75) is 18.8 Å². The second-order valence-corrected chi connectivity index (χ2v) is 6.48. The molecule has 25 heavy (non-hydrogen) atoms. The van der Waals surface area contributed by atoms with Gasteiger partial charge in [-0.1, -0.05) is 0 Å². The van der Waals surface area contributed by atoms with Crippen LogP contribution in [0.25, 0.3) is 0 Å². The Morgan fingerprint density at radius 1 is 1.04 bits per heavy atom. The molecule has 1 fully saturated rings. The Morgan fingerprint density at radius 3 is 2.04 bits per heavy atom.